The summed E-state index contributed by atoms with van der Waals surface area (Å²) in [6, 6.07) is 20.4. The maximum absolute atomic E-state index is 13.2. The first-order chi connectivity index (χ1) is 26.9. The number of hydrogen-bond donors (Lipinski definition) is 3. The molecule has 1 fully saturated rings. The summed E-state index contributed by atoms with van der Waals surface area (Å²) in [5, 5.41) is 14.6. The molecule has 1 heterocycles. The van der Waals surface area contributed by atoms with E-state index in [1.54, 1.807) is 12.1 Å². The van der Waals surface area contributed by atoms with Crippen LogP contribution >= 0.6 is 0 Å². The zero-order chi connectivity index (χ0) is 40.4. The van der Waals surface area contributed by atoms with Crippen LogP contribution in [0.25, 0.3) is 17.2 Å². The average molecular weight is 775 g/mol. The Hall–Kier alpha value is -6.26. The van der Waals surface area contributed by atoms with Gasteiger partial charge in [0.2, 0.25) is 18.3 Å². The van der Waals surface area contributed by atoms with E-state index < -0.39 is 66.6 Å². The van der Waals surface area contributed by atoms with E-state index in [4.69, 9.17) is 33.2 Å². The molecule has 16 heteroatoms. The molecule has 1 aliphatic heterocycles. The van der Waals surface area contributed by atoms with Crippen molar-refractivity contribution < 1.29 is 67.0 Å². The van der Waals surface area contributed by atoms with Gasteiger partial charge in [-0.25, -0.2) is 9.59 Å². The molecule has 2 aliphatic rings. The SMILES string of the molecule is COC(=O)[C@H]1O[C@@H](Oc2ccc(C=CCO)cc2NC(=O)CCNC(=O)OCC2c3ccccc3-c3ccccc32)[C@H](OC(C)=O)[C@@H](OC(C)=O)[C@@H]1OC(C)=O. The van der Waals surface area contributed by atoms with Gasteiger partial charge in [0.25, 0.3) is 0 Å². The number of aliphatic hydroxyl groups is 1. The lowest BCUT2D eigenvalue weighted by Crippen LogP contribution is -2.64. The van der Waals surface area contributed by atoms with Gasteiger partial charge in [-0.3, -0.25) is 19.2 Å². The maximum atomic E-state index is 13.2. The molecular weight excluding hydrogens is 732 g/mol. The Morgan fingerprint density at radius 2 is 1.41 bits per heavy atom. The number of rotatable bonds is 14. The first kappa shape index (κ1) is 40.9. The molecule has 56 heavy (non-hydrogen) atoms. The Labute approximate surface area is 322 Å². The molecular formula is C40H42N2O14. The molecule has 0 unspecified atom stereocenters. The van der Waals surface area contributed by atoms with Crippen molar-refractivity contribution in [1.82, 2.24) is 5.32 Å². The number of anilines is 1. The van der Waals surface area contributed by atoms with Crippen LogP contribution in [0.3, 0.4) is 0 Å². The smallest absolute Gasteiger partial charge is 0.407 e. The molecule has 3 aromatic carbocycles. The highest BCUT2D eigenvalue weighted by Gasteiger charge is 2.56. The highest BCUT2D eigenvalue weighted by molar-refractivity contribution is 5.93. The lowest BCUT2D eigenvalue weighted by Gasteiger charge is -2.43. The Morgan fingerprint density at radius 3 is 2.02 bits per heavy atom. The van der Waals surface area contributed by atoms with E-state index in [-0.39, 0.29) is 43.5 Å². The third-order valence-corrected chi connectivity index (χ3v) is 8.74. The van der Waals surface area contributed by atoms with Gasteiger partial charge in [-0.15, -0.1) is 0 Å². The number of esters is 4. The van der Waals surface area contributed by atoms with Crippen molar-refractivity contribution in [3.05, 3.63) is 89.5 Å². The van der Waals surface area contributed by atoms with Gasteiger partial charge in [0, 0.05) is 39.7 Å². The second kappa shape index (κ2) is 18.9. The van der Waals surface area contributed by atoms with Crippen LogP contribution < -0.4 is 15.4 Å². The van der Waals surface area contributed by atoms with Gasteiger partial charge in [-0.05, 0) is 39.9 Å². The highest BCUT2D eigenvalue weighted by atomic mass is 16.7. The topological polar surface area (TPSA) is 211 Å². The van der Waals surface area contributed by atoms with E-state index in [9.17, 15) is 33.9 Å². The van der Waals surface area contributed by atoms with Crippen molar-refractivity contribution >= 4 is 47.6 Å². The summed E-state index contributed by atoms with van der Waals surface area (Å²) in [6.45, 7) is 2.91. The van der Waals surface area contributed by atoms with Crippen molar-refractivity contribution in [1.29, 1.82) is 0 Å². The van der Waals surface area contributed by atoms with Gasteiger partial charge in [-0.1, -0.05) is 66.7 Å². The molecule has 0 saturated carbocycles. The predicted molar refractivity (Wildman–Crippen MR) is 197 cm³/mol. The van der Waals surface area contributed by atoms with Crippen molar-refractivity contribution in [2.45, 2.75) is 63.8 Å². The maximum Gasteiger partial charge on any atom is 0.407 e. The third-order valence-electron chi connectivity index (χ3n) is 8.74. The van der Waals surface area contributed by atoms with Crippen molar-refractivity contribution in [3.8, 4) is 16.9 Å². The van der Waals surface area contributed by atoms with Crippen molar-refractivity contribution in [2.24, 2.45) is 0 Å². The molecule has 0 spiro atoms. The van der Waals surface area contributed by atoms with Crippen LogP contribution in [0.15, 0.2) is 72.8 Å². The van der Waals surface area contributed by atoms with Crippen molar-refractivity contribution in [2.75, 3.05) is 32.2 Å². The number of aliphatic hydroxyl groups excluding tert-OH is 1. The summed E-state index contributed by atoms with van der Waals surface area (Å²) in [6.07, 6.45) is -6.08. The van der Waals surface area contributed by atoms with Crippen LogP contribution in [0, 0.1) is 0 Å². The fourth-order valence-corrected chi connectivity index (χ4v) is 6.48. The quantitative estimate of drug-likeness (QED) is 0.158. The number of amides is 2. The lowest BCUT2D eigenvalue weighted by atomic mass is 9.97. The summed E-state index contributed by atoms with van der Waals surface area (Å²) in [7, 11) is 1.06. The summed E-state index contributed by atoms with van der Waals surface area (Å²) in [4.78, 5) is 75.3. The van der Waals surface area contributed by atoms with E-state index >= 15 is 0 Å². The van der Waals surface area contributed by atoms with Gasteiger partial charge in [-0.2, -0.15) is 0 Å². The predicted octanol–water partition coefficient (Wildman–Crippen LogP) is 3.63. The second-order valence-corrected chi connectivity index (χ2v) is 12.7. The molecule has 16 nitrogen and oxygen atoms in total. The number of carbonyl (C=O) groups excluding carboxylic acids is 6. The molecule has 0 aromatic heterocycles. The first-order valence-electron chi connectivity index (χ1n) is 17.6. The molecule has 5 atom stereocenters. The highest BCUT2D eigenvalue weighted by Crippen LogP contribution is 2.44. The fraction of sp³-hybridized carbons (Fsp3) is 0.350. The molecule has 296 valence electrons. The van der Waals surface area contributed by atoms with Gasteiger partial charge in [0.05, 0.1) is 19.4 Å². The minimum absolute atomic E-state index is 0.0535. The van der Waals surface area contributed by atoms with Gasteiger partial charge in [0.15, 0.2) is 18.3 Å². The fourth-order valence-electron chi connectivity index (χ4n) is 6.48. The summed E-state index contributed by atoms with van der Waals surface area (Å²) in [5.74, 6) is -4.37. The molecule has 5 rings (SSSR count). The number of nitrogens with one attached hydrogen (secondary N) is 2. The largest absolute Gasteiger partial charge is 0.467 e. The molecule has 1 saturated heterocycles. The zero-order valence-electron chi connectivity index (χ0n) is 31.1. The Bertz CT molecular complexity index is 1930. The third kappa shape index (κ3) is 10.1. The summed E-state index contributed by atoms with van der Waals surface area (Å²) in [5.41, 5.74) is 4.88. The van der Waals surface area contributed by atoms with E-state index in [1.807, 2.05) is 48.5 Å². The monoisotopic (exact) mass is 774 g/mol. The molecule has 3 aromatic rings. The molecule has 0 bridgehead atoms. The van der Waals surface area contributed by atoms with Crippen LogP contribution in [0.5, 0.6) is 5.75 Å². The number of fused-ring (bicyclic) bond motifs is 3. The Balaban J connectivity index is 1.29. The molecule has 2 amide bonds. The van der Waals surface area contributed by atoms with E-state index in [2.05, 4.69) is 10.6 Å². The number of carbonyl (C=O) groups is 6. The lowest BCUT2D eigenvalue weighted by molar-refractivity contribution is -0.282. The number of alkyl carbamates (subject to hydrolysis) is 1. The van der Waals surface area contributed by atoms with Gasteiger partial charge < -0.3 is 48.9 Å². The standard InChI is InChI=1S/C40H42N2O14/c1-22(44)52-34-35(53-23(2)45)37(54-24(3)46)39(56-36(34)38(48)50-4)55-32-16-15-25(10-9-19-43)20-31(32)42-33(47)17-18-41-40(49)51-21-30-28-13-7-5-11-26(28)27-12-6-8-14-29(27)30/h5-16,20,30,34-37,39,43H,17-19,21H2,1-4H3,(H,41,49)(H,42,47)/t34-,35-,36-,37+,39+/m0/s1. The van der Waals surface area contributed by atoms with Crippen LogP contribution in [-0.4, -0.2) is 98.6 Å². The molecule has 1 aliphatic carbocycles. The summed E-state index contributed by atoms with van der Waals surface area (Å²) >= 11 is 0. The number of hydrogen-bond acceptors (Lipinski definition) is 14. The van der Waals surface area contributed by atoms with E-state index in [1.165, 1.54) is 18.2 Å². The van der Waals surface area contributed by atoms with Crippen molar-refractivity contribution in [3.63, 3.8) is 0 Å². The Kier molecular flexibility index (Phi) is 13.8. The Morgan fingerprint density at radius 1 is 0.804 bits per heavy atom. The van der Waals surface area contributed by atoms with Gasteiger partial charge in [0.1, 0.15) is 12.4 Å². The first-order valence-corrected chi connectivity index (χ1v) is 17.6. The van der Waals surface area contributed by atoms with Crippen LogP contribution in [0.4, 0.5) is 10.5 Å². The normalized spacial score (nSPS) is 19.8. The zero-order valence-corrected chi connectivity index (χ0v) is 31.1. The van der Waals surface area contributed by atoms with E-state index in [0.29, 0.717) is 5.56 Å². The van der Waals surface area contributed by atoms with Crippen LogP contribution in [0.1, 0.15) is 49.8 Å². The number of ether oxygens (including phenoxy) is 7. The minimum atomic E-state index is -1.71. The molecule has 3 N–H and O–H groups in total. The number of benzene rings is 3. The van der Waals surface area contributed by atoms with E-state index in [0.717, 1.165) is 50.1 Å². The second-order valence-electron chi connectivity index (χ2n) is 12.7. The average Bonchev–Trinajstić information content (AvgIpc) is 3.48. The van der Waals surface area contributed by atoms with Crippen LogP contribution in [0.2, 0.25) is 0 Å². The summed E-state index contributed by atoms with van der Waals surface area (Å²) < 4.78 is 38.5. The minimum Gasteiger partial charge on any atom is -0.467 e. The molecule has 0 radical (unpaired) electrons. The van der Waals surface area contributed by atoms with Crippen LogP contribution in [-0.2, 0) is 52.4 Å². The van der Waals surface area contributed by atoms with Gasteiger partial charge >= 0.3 is 30.0 Å². The number of methoxy groups -OCH3 is 1.